The van der Waals surface area contributed by atoms with Gasteiger partial charge in [-0.15, -0.1) is 10.2 Å². The van der Waals surface area contributed by atoms with Crippen molar-refractivity contribution >= 4 is 51.8 Å². The molecule has 43 heavy (non-hydrogen) atoms. The van der Waals surface area contributed by atoms with E-state index < -0.39 is 17.6 Å². The van der Waals surface area contributed by atoms with Gasteiger partial charge in [0.1, 0.15) is 11.5 Å². The summed E-state index contributed by atoms with van der Waals surface area (Å²) in [5, 5.41) is 22.8. The lowest BCUT2D eigenvalue weighted by atomic mass is 10.1. The van der Waals surface area contributed by atoms with Gasteiger partial charge in [-0.3, -0.25) is 9.59 Å². The summed E-state index contributed by atoms with van der Waals surface area (Å²) in [4.78, 5) is 28.3. The van der Waals surface area contributed by atoms with Crippen LogP contribution in [0.15, 0.2) is 113 Å². The molecule has 2 amide bonds. The summed E-state index contributed by atoms with van der Waals surface area (Å²) >= 11 is 6.36. The molecule has 5 aromatic rings. The lowest BCUT2D eigenvalue weighted by Crippen LogP contribution is -2.26. The number of halogens is 2. The molecule has 1 aromatic heterocycles. The van der Waals surface area contributed by atoms with Gasteiger partial charge in [0.15, 0.2) is 5.69 Å². The number of nitrogens with one attached hydrogen (secondary N) is 1. The summed E-state index contributed by atoms with van der Waals surface area (Å²) in [6, 6.07) is 26.8. The largest absolute Gasteiger partial charge is 0.493 e. The molecule has 1 heterocycles. The third-order valence-corrected chi connectivity index (χ3v) is 7.10. The van der Waals surface area contributed by atoms with Gasteiger partial charge in [0.05, 0.1) is 12.1 Å². The number of aromatic nitrogens is 1. The molecule has 0 aliphatic rings. The van der Waals surface area contributed by atoms with Crippen LogP contribution in [0.4, 0.5) is 15.8 Å². The Bertz CT molecular complexity index is 1880. The molecule has 0 saturated heterocycles. The second kappa shape index (κ2) is 12.7. The summed E-state index contributed by atoms with van der Waals surface area (Å²) < 4.78 is 15.4. The van der Waals surface area contributed by atoms with E-state index in [1.807, 2.05) is 61.5 Å². The topological polar surface area (TPSA) is 99.3 Å². The van der Waals surface area contributed by atoms with Gasteiger partial charge in [-0.05, 0) is 59.7 Å². The normalized spacial score (nSPS) is 11.7. The quantitative estimate of drug-likeness (QED) is 0.145. The number of azo groups is 1. The number of rotatable bonds is 8. The highest BCUT2D eigenvalue weighted by molar-refractivity contribution is 6.31. The summed E-state index contributed by atoms with van der Waals surface area (Å²) in [7, 11) is 3.81. The Morgan fingerprint density at radius 3 is 2.42 bits per heavy atom. The molecule has 0 bridgehead atoms. The van der Waals surface area contributed by atoms with Gasteiger partial charge in [-0.25, -0.2) is 4.39 Å². The number of carbonyl (C=O) groups excluding carboxylic acids is 2. The van der Waals surface area contributed by atoms with Crippen molar-refractivity contribution in [3.8, 4) is 5.88 Å². The highest BCUT2D eigenvalue weighted by atomic mass is 35.5. The number of benzene rings is 4. The molecule has 10 heteroatoms. The van der Waals surface area contributed by atoms with Crippen molar-refractivity contribution in [2.45, 2.75) is 6.54 Å². The maximum absolute atomic E-state index is 13.8. The fraction of sp³-hybridized carbons (Fsp3) is 0.0909. The predicted molar refractivity (Wildman–Crippen MR) is 166 cm³/mol. The van der Waals surface area contributed by atoms with Crippen molar-refractivity contribution in [1.29, 1.82) is 0 Å². The van der Waals surface area contributed by atoms with E-state index in [4.69, 9.17) is 11.6 Å². The lowest BCUT2D eigenvalue weighted by molar-refractivity contribution is -0.115. The van der Waals surface area contributed by atoms with Gasteiger partial charge in [0.2, 0.25) is 5.88 Å². The molecule has 5 rings (SSSR count). The van der Waals surface area contributed by atoms with Gasteiger partial charge in [-0.2, -0.15) is 0 Å². The van der Waals surface area contributed by atoms with Crippen molar-refractivity contribution in [3.05, 3.63) is 130 Å². The monoisotopic (exact) mass is 595 g/mol. The van der Waals surface area contributed by atoms with E-state index in [-0.39, 0.29) is 29.4 Å². The zero-order valence-electron chi connectivity index (χ0n) is 23.3. The van der Waals surface area contributed by atoms with E-state index in [0.717, 1.165) is 17.3 Å². The maximum Gasteiger partial charge on any atom is 0.311 e. The fourth-order valence-corrected chi connectivity index (χ4v) is 4.68. The first-order valence-electron chi connectivity index (χ1n) is 13.3. The summed E-state index contributed by atoms with van der Waals surface area (Å²) in [6.45, 7) is 0.257. The number of carbonyl (C=O) groups is 2. The summed E-state index contributed by atoms with van der Waals surface area (Å²) in [5.74, 6) is -2.36. The molecular weight excluding hydrogens is 569 g/mol. The van der Waals surface area contributed by atoms with Crippen LogP contribution in [-0.4, -0.2) is 35.6 Å². The van der Waals surface area contributed by atoms with Gasteiger partial charge in [0.25, 0.3) is 5.91 Å². The van der Waals surface area contributed by atoms with Crippen LogP contribution in [0.2, 0.25) is 5.02 Å². The highest BCUT2D eigenvalue weighted by Crippen LogP contribution is 2.39. The van der Waals surface area contributed by atoms with E-state index in [9.17, 15) is 19.1 Å². The van der Waals surface area contributed by atoms with Crippen LogP contribution in [0.25, 0.3) is 17.0 Å². The molecule has 0 aliphatic carbocycles. The van der Waals surface area contributed by atoms with Crippen LogP contribution in [0.1, 0.15) is 21.5 Å². The zero-order valence-corrected chi connectivity index (χ0v) is 24.1. The van der Waals surface area contributed by atoms with Crippen molar-refractivity contribution < 1.29 is 19.1 Å². The van der Waals surface area contributed by atoms with E-state index in [1.54, 1.807) is 34.9 Å². The number of fused-ring (bicyclic) bond motifs is 1. The molecule has 0 aliphatic heterocycles. The Balaban J connectivity index is 1.50. The van der Waals surface area contributed by atoms with E-state index >= 15 is 0 Å². The smallest absolute Gasteiger partial charge is 0.311 e. The molecule has 8 nitrogen and oxygen atoms in total. The number of hydrogen-bond donors (Lipinski definition) is 2. The Labute approximate surface area is 252 Å². The number of aromatic hydroxyl groups is 1. The number of amides is 2. The number of nitrogens with zero attached hydrogens (tertiary/aromatic N) is 4. The Hall–Kier alpha value is -5.28. The van der Waals surface area contributed by atoms with Crippen molar-refractivity contribution in [3.63, 3.8) is 0 Å². The van der Waals surface area contributed by atoms with Gasteiger partial charge in [0, 0.05) is 35.8 Å². The molecule has 0 unspecified atom stereocenters. The lowest BCUT2D eigenvalue weighted by Gasteiger charge is -2.12. The van der Waals surface area contributed by atoms with E-state index in [0.29, 0.717) is 21.5 Å². The fourth-order valence-electron chi connectivity index (χ4n) is 4.49. The Morgan fingerprint density at radius 1 is 0.977 bits per heavy atom. The molecule has 216 valence electrons. The second-order valence-corrected chi connectivity index (χ2v) is 10.3. The van der Waals surface area contributed by atoms with E-state index in [2.05, 4.69) is 15.5 Å². The standard InChI is InChI=1S/C33H27ClFN5O3/c1-39(2)25-16-14-21(15-17-25)18-28(36-31(41)22-9-7-10-24(35)19-22)32(42)38-37-30-26-11-4-6-13-29(26)40(33(30)43)20-23-8-3-5-12-27(23)34/h3-19,43H,20H2,1-2H3,(H,36,41). The average Bonchev–Trinajstić information content (AvgIpc) is 3.26. The number of anilines is 1. The Morgan fingerprint density at radius 2 is 1.70 bits per heavy atom. The molecule has 2 N–H and O–H groups in total. The molecule has 0 spiro atoms. The van der Waals surface area contributed by atoms with Crippen molar-refractivity contribution in [1.82, 2.24) is 9.88 Å². The predicted octanol–water partition coefficient (Wildman–Crippen LogP) is 7.34. The van der Waals surface area contributed by atoms with Crippen LogP contribution in [-0.2, 0) is 11.3 Å². The van der Waals surface area contributed by atoms with Crippen LogP contribution >= 0.6 is 11.6 Å². The molecular formula is C33H27ClFN5O3. The highest BCUT2D eigenvalue weighted by Gasteiger charge is 2.19. The molecule has 4 aromatic carbocycles. The van der Waals surface area contributed by atoms with Gasteiger partial charge >= 0.3 is 5.91 Å². The average molecular weight is 596 g/mol. The van der Waals surface area contributed by atoms with E-state index in [1.165, 1.54) is 24.3 Å². The van der Waals surface area contributed by atoms with Crippen LogP contribution in [0.5, 0.6) is 5.88 Å². The molecule has 0 fully saturated rings. The van der Waals surface area contributed by atoms with Crippen molar-refractivity contribution in [2.24, 2.45) is 10.2 Å². The Kier molecular flexibility index (Phi) is 8.64. The molecule has 0 atom stereocenters. The minimum Gasteiger partial charge on any atom is -0.493 e. The zero-order chi connectivity index (χ0) is 30.5. The first kappa shape index (κ1) is 29.2. The third kappa shape index (κ3) is 6.63. The third-order valence-electron chi connectivity index (χ3n) is 6.73. The molecule has 0 radical (unpaired) electrons. The minimum absolute atomic E-state index is 0.0267. The maximum atomic E-state index is 13.8. The molecule has 0 saturated carbocycles. The minimum atomic E-state index is -0.872. The summed E-state index contributed by atoms with van der Waals surface area (Å²) in [5.41, 5.74) is 2.93. The first-order chi connectivity index (χ1) is 20.7. The number of hydrogen-bond acceptors (Lipinski definition) is 5. The SMILES string of the molecule is CN(C)c1ccc(C=C(NC(=O)c2cccc(F)c2)C(=O)N=Nc2c(O)n(Cc3ccccc3Cl)c3ccccc23)cc1. The van der Waals surface area contributed by atoms with Crippen LogP contribution in [0, 0.1) is 5.82 Å². The van der Waals surface area contributed by atoms with Gasteiger partial charge in [-0.1, -0.05) is 66.2 Å². The van der Waals surface area contributed by atoms with Crippen molar-refractivity contribution in [2.75, 3.05) is 19.0 Å². The van der Waals surface area contributed by atoms with Crippen LogP contribution < -0.4 is 10.2 Å². The first-order valence-corrected chi connectivity index (χ1v) is 13.6. The number of para-hydroxylation sites is 1. The van der Waals surface area contributed by atoms with Crippen LogP contribution in [0.3, 0.4) is 0 Å². The summed E-state index contributed by atoms with van der Waals surface area (Å²) in [6.07, 6.45) is 1.46. The van der Waals surface area contributed by atoms with Gasteiger partial charge < -0.3 is 19.9 Å². The second-order valence-electron chi connectivity index (χ2n) is 9.88.